The molecule has 0 fully saturated rings. The van der Waals surface area contributed by atoms with Gasteiger partial charge in [0.25, 0.3) is 0 Å². The SMILES string of the molecule is C=C(C)/C=C/[C@@H](C(C)=O)c1ccccc1. The third-order valence-corrected chi connectivity index (χ3v) is 2.17. The van der Waals surface area contributed by atoms with Crippen molar-refractivity contribution in [2.75, 3.05) is 0 Å². The second-order valence-corrected chi connectivity index (χ2v) is 3.70. The van der Waals surface area contributed by atoms with E-state index in [1.807, 2.05) is 49.4 Å². The van der Waals surface area contributed by atoms with Gasteiger partial charge >= 0.3 is 0 Å². The number of allylic oxidation sites excluding steroid dienone is 3. The average Bonchev–Trinajstić information content (AvgIpc) is 2.18. The monoisotopic (exact) mass is 200 g/mol. The van der Waals surface area contributed by atoms with Crippen LogP contribution in [0, 0.1) is 0 Å². The van der Waals surface area contributed by atoms with E-state index < -0.39 is 0 Å². The Morgan fingerprint density at radius 2 is 1.87 bits per heavy atom. The molecule has 0 aromatic heterocycles. The number of hydrogen-bond acceptors (Lipinski definition) is 1. The van der Waals surface area contributed by atoms with Crippen LogP contribution in [0.1, 0.15) is 25.3 Å². The molecule has 0 unspecified atom stereocenters. The summed E-state index contributed by atoms with van der Waals surface area (Å²) in [7, 11) is 0. The van der Waals surface area contributed by atoms with Crippen LogP contribution in [-0.2, 0) is 4.79 Å². The van der Waals surface area contributed by atoms with Gasteiger partial charge in [0.15, 0.2) is 0 Å². The minimum Gasteiger partial charge on any atom is -0.299 e. The summed E-state index contributed by atoms with van der Waals surface area (Å²) in [5, 5.41) is 0. The molecule has 0 bridgehead atoms. The highest BCUT2D eigenvalue weighted by Crippen LogP contribution is 2.18. The Morgan fingerprint density at radius 1 is 1.27 bits per heavy atom. The number of carbonyl (C=O) groups is 1. The van der Waals surface area contributed by atoms with Gasteiger partial charge in [-0.1, -0.05) is 54.6 Å². The summed E-state index contributed by atoms with van der Waals surface area (Å²) in [5.74, 6) is 0.00148. The zero-order valence-corrected chi connectivity index (χ0v) is 9.23. The van der Waals surface area contributed by atoms with Gasteiger partial charge in [-0.15, -0.1) is 0 Å². The van der Waals surface area contributed by atoms with Crippen LogP contribution in [0.25, 0.3) is 0 Å². The topological polar surface area (TPSA) is 17.1 Å². The number of Topliss-reactive ketones (excluding diaryl/α,β-unsaturated/α-hetero) is 1. The zero-order valence-electron chi connectivity index (χ0n) is 9.23. The Hall–Kier alpha value is -1.63. The van der Waals surface area contributed by atoms with E-state index in [1.54, 1.807) is 6.92 Å². The van der Waals surface area contributed by atoms with E-state index in [0.717, 1.165) is 11.1 Å². The molecule has 0 aliphatic heterocycles. The zero-order chi connectivity index (χ0) is 11.3. The number of benzene rings is 1. The first kappa shape index (κ1) is 11.4. The summed E-state index contributed by atoms with van der Waals surface area (Å²) in [6.45, 7) is 7.31. The van der Waals surface area contributed by atoms with Crippen molar-refractivity contribution in [3.05, 3.63) is 60.2 Å². The van der Waals surface area contributed by atoms with Crippen molar-refractivity contribution >= 4 is 5.78 Å². The molecule has 0 saturated carbocycles. The van der Waals surface area contributed by atoms with Crippen LogP contribution in [0.15, 0.2) is 54.6 Å². The van der Waals surface area contributed by atoms with Crippen LogP contribution in [0.3, 0.4) is 0 Å². The molecule has 0 N–H and O–H groups in total. The highest BCUT2D eigenvalue weighted by molar-refractivity contribution is 5.85. The van der Waals surface area contributed by atoms with Crippen molar-refractivity contribution in [2.24, 2.45) is 0 Å². The molecule has 1 nitrogen and oxygen atoms in total. The lowest BCUT2D eigenvalue weighted by Gasteiger charge is -2.08. The molecular formula is C14H16O. The fourth-order valence-corrected chi connectivity index (χ4v) is 1.40. The van der Waals surface area contributed by atoms with Gasteiger partial charge in [-0.2, -0.15) is 0 Å². The molecule has 1 aromatic rings. The van der Waals surface area contributed by atoms with Crippen molar-refractivity contribution < 1.29 is 4.79 Å². The van der Waals surface area contributed by atoms with Gasteiger partial charge in [-0.3, -0.25) is 4.79 Å². The van der Waals surface area contributed by atoms with Gasteiger partial charge in [0.1, 0.15) is 5.78 Å². The lowest BCUT2D eigenvalue weighted by molar-refractivity contribution is -0.117. The number of hydrogen-bond donors (Lipinski definition) is 0. The Balaban J connectivity index is 2.94. The third kappa shape index (κ3) is 3.55. The van der Waals surface area contributed by atoms with Crippen LogP contribution < -0.4 is 0 Å². The second-order valence-electron chi connectivity index (χ2n) is 3.70. The largest absolute Gasteiger partial charge is 0.299 e. The lowest BCUT2D eigenvalue weighted by atomic mass is 9.94. The highest BCUT2D eigenvalue weighted by Gasteiger charge is 2.11. The molecule has 1 rings (SSSR count). The summed E-state index contributed by atoms with van der Waals surface area (Å²) < 4.78 is 0. The van der Waals surface area contributed by atoms with E-state index in [9.17, 15) is 4.79 Å². The standard InChI is InChI=1S/C14H16O/c1-11(2)9-10-14(12(3)15)13-7-5-4-6-8-13/h4-10,14H,1H2,2-3H3/b10-9+/t14-/m0/s1. The summed E-state index contributed by atoms with van der Waals surface area (Å²) in [6, 6.07) is 9.77. The minimum atomic E-state index is -0.150. The van der Waals surface area contributed by atoms with Crippen LogP contribution >= 0.6 is 0 Å². The van der Waals surface area contributed by atoms with Crippen molar-refractivity contribution in [2.45, 2.75) is 19.8 Å². The molecule has 0 heterocycles. The van der Waals surface area contributed by atoms with Crippen LogP contribution in [0.4, 0.5) is 0 Å². The maximum atomic E-state index is 11.5. The van der Waals surface area contributed by atoms with Gasteiger partial charge < -0.3 is 0 Å². The Bertz CT molecular complexity index is 374. The normalized spacial score (nSPS) is 12.7. The smallest absolute Gasteiger partial charge is 0.141 e. The van der Waals surface area contributed by atoms with E-state index in [-0.39, 0.29) is 11.7 Å². The van der Waals surface area contributed by atoms with E-state index in [2.05, 4.69) is 6.58 Å². The van der Waals surface area contributed by atoms with E-state index in [1.165, 1.54) is 0 Å². The van der Waals surface area contributed by atoms with Gasteiger partial charge in [-0.25, -0.2) is 0 Å². The lowest BCUT2D eigenvalue weighted by Crippen LogP contribution is -2.05. The first-order valence-corrected chi connectivity index (χ1v) is 5.00. The molecule has 0 spiro atoms. The van der Waals surface area contributed by atoms with Crippen molar-refractivity contribution in [3.63, 3.8) is 0 Å². The number of carbonyl (C=O) groups excluding carboxylic acids is 1. The highest BCUT2D eigenvalue weighted by atomic mass is 16.1. The maximum Gasteiger partial charge on any atom is 0.141 e. The molecule has 1 atom stereocenters. The minimum absolute atomic E-state index is 0.150. The summed E-state index contributed by atoms with van der Waals surface area (Å²) in [4.78, 5) is 11.5. The maximum absolute atomic E-state index is 11.5. The Morgan fingerprint density at radius 3 is 2.33 bits per heavy atom. The summed E-state index contributed by atoms with van der Waals surface area (Å²) in [5.41, 5.74) is 1.99. The molecule has 0 saturated heterocycles. The Labute approximate surface area is 91.1 Å². The van der Waals surface area contributed by atoms with E-state index in [0.29, 0.717) is 0 Å². The fourth-order valence-electron chi connectivity index (χ4n) is 1.40. The molecule has 78 valence electrons. The summed E-state index contributed by atoms with van der Waals surface area (Å²) >= 11 is 0. The molecular weight excluding hydrogens is 184 g/mol. The second kappa shape index (κ2) is 5.30. The number of ketones is 1. The van der Waals surface area contributed by atoms with E-state index in [4.69, 9.17) is 0 Å². The van der Waals surface area contributed by atoms with Gasteiger partial charge in [0, 0.05) is 0 Å². The Kier molecular flexibility index (Phi) is 4.04. The third-order valence-electron chi connectivity index (χ3n) is 2.17. The quantitative estimate of drug-likeness (QED) is 0.680. The van der Waals surface area contributed by atoms with Crippen molar-refractivity contribution in [3.8, 4) is 0 Å². The molecule has 0 aliphatic rings. The van der Waals surface area contributed by atoms with Gasteiger partial charge in [0.2, 0.25) is 0 Å². The van der Waals surface area contributed by atoms with E-state index >= 15 is 0 Å². The van der Waals surface area contributed by atoms with Crippen LogP contribution in [0.5, 0.6) is 0 Å². The number of rotatable bonds is 4. The van der Waals surface area contributed by atoms with Gasteiger partial charge in [-0.05, 0) is 19.4 Å². The molecule has 1 aromatic carbocycles. The first-order chi connectivity index (χ1) is 7.11. The van der Waals surface area contributed by atoms with Crippen molar-refractivity contribution in [1.82, 2.24) is 0 Å². The average molecular weight is 200 g/mol. The first-order valence-electron chi connectivity index (χ1n) is 5.00. The predicted octanol–water partition coefficient (Wildman–Crippen LogP) is 3.49. The molecule has 0 aliphatic carbocycles. The van der Waals surface area contributed by atoms with Crippen molar-refractivity contribution in [1.29, 1.82) is 0 Å². The molecule has 1 heteroatoms. The molecule has 0 radical (unpaired) electrons. The molecule has 15 heavy (non-hydrogen) atoms. The van der Waals surface area contributed by atoms with Crippen LogP contribution in [-0.4, -0.2) is 5.78 Å². The summed E-state index contributed by atoms with van der Waals surface area (Å²) in [6.07, 6.45) is 3.79. The van der Waals surface area contributed by atoms with Crippen LogP contribution in [0.2, 0.25) is 0 Å². The fraction of sp³-hybridized carbons (Fsp3) is 0.214. The molecule has 0 amide bonds. The predicted molar refractivity (Wildman–Crippen MR) is 63.8 cm³/mol. The van der Waals surface area contributed by atoms with Gasteiger partial charge in [0.05, 0.1) is 5.92 Å².